The Morgan fingerprint density at radius 1 is 1.15 bits per heavy atom. The number of fused-ring (bicyclic) bond motifs is 1. The van der Waals surface area contributed by atoms with E-state index in [1.165, 1.54) is 11.3 Å². The lowest BCUT2D eigenvalue weighted by Crippen LogP contribution is -1.91. The lowest BCUT2D eigenvalue weighted by molar-refractivity contribution is 0.415. The zero-order valence-electron chi connectivity index (χ0n) is 10.5. The molecule has 0 bridgehead atoms. The Morgan fingerprint density at radius 2 is 2.00 bits per heavy atom. The van der Waals surface area contributed by atoms with Gasteiger partial charge in [0, 0.05) is 6.07 Å². The minimum atomic E-state index is 0.608. The molecule has 20 heavy (non-hydrogen) atoms. The summed E-state index contributed by atoms with van der Waals surface area (Å²) >= 11 is 13.8. The number of rotatable bonds is 3. The molecule has 3 aromatic rings. The van der Waals surface area contributed by atoms with Crippen LogP contribution in [0, 0.1) is 0 Å². The standard InChI is InChI=1S/C14H10Cl2N2OS/c1-19-8-5-6-9(15)12(7-8)18-14-17-11-4-2-3-10(16)13(11)20-14/h2-7H,1H3,(H,17,18). The van der Waals surface area contributed by atoms with Gasteiger partial charge in [-0.1, -0.05) is 40.6 Å². The lowest BCUT2D eigenvalue weighted by Gasteiger charge is -2.07. The molecule has 1 aromatic heterocycles. The van der Waals surface area contributed by atoms with Crippen molar-refractivity contribution < 1.29 is 4.74 Å². The third-order valence-corrected chi connectivity index (χ3v) is 4.56. The van der Waals surface area contributed by atoms with Crippen LogP contribution in [0.2, 0.25) is 10.0 Å². The molecule has 102 valence electrons. The van der Waals surface area contributed by atoms with E-state index in [4.69, 9.17) is 27.9 Å². The van der Waals surface area contributed by atoms with Crippen molar-refractivity contribution in [1.29, 1.82) is 0 Å². The van der Waals surface area contributed by atoms with E-state index in [0.29, 0.717) is 10.0 Å². The van der Waals surface area contributed by atoms with Crippen LogP contribution in [0.15, 0.2) is 36.4 Å². The Labute approximate surface area is 130 Å². The number of anilines is 2. The molecule has 6 heteroatoms. The highest BCUT2D eigenvalue weighted by atomic mass is 35.5. The van der Waals surface area contributed by atoms with Crippen LogP contribution in [0.4, 0.5) is 10.8 Å². The van der Waals surface area contributed by atoms with E-state index in [0.717, 1.165) is 26.8 Å². The third-order valence-electron chi connectivity index (χ3n) is 2.78. The summed E-state index contributed by atoms with van der Waals surface area (Å²) in [5.41, 5.74) is 1.62. The number of nitrogens with zero attached hydrogens (tertiary/aromatic N) is 1. The van der Waals surface area contributed by atoms with Gasteiger partial charge in [0.25, 0.3) is 0 Å². The molecule has 0 saturated heterocycles. The maximum Gasteiger partial charge on any atom is 0.188 e. The van der Waals surface area contributed by atoms with Gasteiger partial charge in [-0.15, -0.1) is 0 Å². The Bertz CT molecular complexity index is 773. The van der Waals surface area contributed by atoms with Crippen molar-refractivity contribution in [2.45, 2.75) is 0 Å². The summed E-state index contributed by atoms with van der Waals surface area (Å²) in [5.74, 6) is 0.732. The van der Waals surface area contributed by atoms with Crippen LogP contribution < -0.4 is 10.1 Å². The van der Waals surface area contributed by atoms with Gasteiger partial charge in [-0.2, -0.15) is 0 Å². The molecule has 0 atom stereocenters. The fourth-order valence-electron chi connectivity index (χ4n) is 1.81. The van der Waals surface area contributed by atoms with E-state index in [9.17, 15) is 0 Å². The van der Waals surface area contributed by atoms with Crippen molar-refractivity contribution in [1.82, 2.24) is 4.98 Å². The minimum Gasteiger partial charge on any atom is -0.497 e. The zero-order chi connectivity index (χ0) is 14.1. The second-order valence-electron chi connectivity index (χ2n) is 4.08. The molecule has 0 aliphatic heterocycles. The van der Waals surface area contributed by atoms with Gasteiger partial charge >= 0.3 is 0 Å². The van der Waals surface area contributed by atoms with Crippen LogP contribution in [-0.4, -0.2) is 12.1 Å². The molecule has 0 aliphatic carbocycles. The monoisotopic (exact) mass is 324 g/mol. The maximum absolute atomic E-state index is 6.17. The number of hydrogen-bond acceptors (Lipinski definition) is 4. The number of halogens is 2. The highest BCUT2D eigenvalue weighted by Gasteiger charge is 2.09. The van der Waals surface area contributed by atoms with Gasteiger partial charge in [0.2, 0.25) is 0 Å². The largest absolute Gasteiger partial charge is 0.497 e. The summed E-state index contributed by atoms with van der Waals surface area (Å²) in [6.07, 6.45) is 0. The van der Waals surface area contributed by atoms with Gasteiger partial charge in [-0.25, -0.2) is 4.98 Å². The van der Waals surface area contributed by atoms with Crippen LogP contribution in [0.1, 0.15) is 0 Å². The predicted molar refractivity (Wildman–Crippen MR) is 85.9 cm³/mol. The first-order valence-corrected chi connectivity index (χ1v) is 7.40. The molecule has 0 unspecified atom stereocenters. The highest BCUT2D eigenvalue weighted by Crippen LogP contribution is 2.35. The predicted octanol–water partition coefficient (Wildman–Crippen LogP) is 5.36. The molecule has 3 rings (SSSR count). The fourth-order valence-corrected chi connectivity index (χ4v) is 3.14. The Balaban J connectivity index is 1.99. The second kappa shape index (κ2) is 5.48. The summed E-state index contributed by atoms with van der Waals surface area (Å²) in [6.45, 7) is 0. The summed E-state index contributed by atoms with van der Waals surface area (Å²) in [7, 11) is 1.62. The highest BCUT2D eigenvalue weighted by molar-refractivity contribution is 7.22. The first-order valence-electron chi connectivity index (χ1n) is 5.83. The average Bonchev–Trinajstić information content (AvgIpc) is 2.85. The molecule has 2 aromatic carbocycles. The van der Waals surface area contributed by atoms with E-state index in [1.807, 2.05) is 30.3 Å². The van der Waals surface area contributed by atoms with E-state index in [1.54, 1.807) is 13.2 Å². The topological polar surface area (TPSA) is 34.1 Å². The SMILES string of the molecule is COc1ccc(Cl)c(Nc2nc3cccc(Cl)c3s2)c1. The molecule has 0 fully saturated rings. The molecule has 0 saturated carbocycles. The van der Waals surface area contributed by atoms with Crippen LogP contribution in [0.5, 0.6) is 5.75 Å². The van der Waals surface area contributed by atoms with Crippen molar-refractivity contribution in [3.63, 3.8) is 0 Å². The summed E-state index contributed by atoms with van der Waals surface area (Å²) in [4.78, 5) is 4.49. The van der Waals surface area contributed by atoms with Crippen LogP contribution in [0.3, 0.4) is 0 Å². The number of hydrogen-bond donors (Lipinski definition) is 1. The van der Waals surface area contributed by atoms with Crippen molar-refractivity contribution in [2.75, 3.05) is 12.4 Å². The van der Waals surface area contributed by atoms with Gasteiger partial charge in [-0.3, -0.25) is 0 Å². The van der Waals surface area contributed by atoms with E-state index < -0.39 is 0 Å². The van der Waals surface area contributed by atoms with Crippen molar-refractivity contribution in [2.24, 2.45) is 0 Å². The van der Waals surface area contributed by atoms with Crippen molar-refractivity contribution in [3.05, 3.63) is 46.4 Å². The molecule has 1 heterocycles. The smallest absolute Gasteiger partial charge is 0.188 e. The fraction of sp³-hybridized carbons (Fsp3) is 0.0714. The van der Waals surface area contributed by atoms with Gasteiger partial charge in [-0.05, 0) is 24.3 Å². The number of aromatic nitrogens is 1. The van der Waals surface area contributed by atoms with Gasteiger partial charge in [0.1, 0.15) is 5.75 Å². The average molecular weight is 325 g/mol. The van der Waals surface area contributed by atoms with Crippen LogP contribution in [-0.2, 0) is 0 Å². The Hall–Kier alpha value is -1.49. The quantitative estimate of drug-likeness (QED) is 0.704. The number of methoxy groups -OCH3 is 1. The molecular weight excluding hydrogens is 315 g/mol. The third kappa shape index (κ3) is 2.54. The Kier molecular flexibility index (Phi) is 3.70. The van der Waals surface area contributed by atoms with E-state index in [-0.39, 0.29) is 0 Å². The first-order chi connectivity index (χ1) is 9.67. The molecule has 0 radical (unpaired) electrons. The van der Waals surface area contributed by atoms with Gasteiger partial charge in [0.15, 0.2) is 5.13 Å². The molecule has 1 N–H and O–H groups in total. The summed E-state index contributed by atoms with van der Waals surface area (Å²) < 4.78 is 6.14. The number of benzene rings is 2. The maximum atomic E-state index is 6.17. The normalized spacial score (nSPS) is 10.8. The number of ether oxygens (including phenoxy) is 1. The summed E-state index contributed by atoms with van der Waals surface area (Å²) in [6, 6.07) is 11.1. The van der Waals surface area contributed by atoms with Crippen LogP contribution >= 0.6 is 34.5 Å². The Morgan fingerprint density at radius 3 is 2.75 bits per heavy atom. The molecule has 0 spiro atoms. The van der Waals surface area contributed by atoms with Crippen molar-refractivity contribution >= 4 is 55.6 Å². The molecule has 3 nitrogen and oxygen atoms in total. The molecular formula is C14H10Cl2N2OS. The van der Waals surface area contributed by atoms with E-state index >= 15 is 0 Å². The van der Waals surface area contributed by atoms with Gasteiger partial charge in [0.05, 0.1) is 33.1 Å². The lowest BCUT2D eigenvalue weighted by atomic mass is 10.3. The van der Waals surface area contributed by atoms with Gasteiger partial charge < -0.3 is 10.1 Å². The second-order valence-corrected chi connectivity index (χ2v) is 5.89. The molecule has 0 amide bonds. The zero-order valence-corrected chi connectivity index (χ0v) is 12.8. The summed E-state index contributed by atoms with van der Waals surface area (Å²) in [5, 5.41) is 5.25. The first kappa shape index (κ1) is 13.5. The van der Waals surface area contributed by atoms with E-state index in [2.05, 4.69) is 10.3 Å². The van der Waals surface area contributed by atoms with Crippen molar-refractivity contribution in [3.8, 4) is 5.75 Å². The number of nitrogens with one attached hydrogen (secondary N) is 1. The minimum absolute atomic E-state index is 0.608. The molecule has 0 aliphatic rings. The van der Waals surface area contributed by atoms with Crippen LogP contribution in [0.25, 0.3) is 10.2 Å². The number of thiazole rings is 1.